The molecule has 74 valence electrons. The van der Waals surface area contributed by atoms with Gasteiger partial charge in [0.05, 0.1) is 13.0 Å². The SMILES string of the molecule is COC(=O)C1CCCCC1C(=O)[O-].[K+]. The van der Waals surface area contributed by atoms with Gasteiger partial charge in [-0.3, -0.25) is 4.79 Å². The Morgan fingerprint density at radius 1 is 1.21 bits per heavy atom. The number of hydrogen-bond donors (Lipinski definition) is 0. The molecule has 1 aliphatic rings. The largest absolute Gasteiger partial charge is 1.00 e. The summed E-state index contributed by atoms with van der Waals surface area (Å²) in [5.74, 6) is -2.70. The van der Waals surface area contributed by atoms with E-state index in [0.717, 1.165) is 12.8 Å². The summed E-state index contributed by atoms with van der Waals surface area (Å²) >= 11 is 0. The molecular weight excluding hydrogens is 211 g/mol. The summed E-state index contributed by atoms with van der Waals surface area (Å²) in [6.45, 7) is 0. The quantitative estimate of drug-likeness (QED) is 0.364. The molecule has 1 saturated carbocycles. The topological polar surface area (TPSA) is 66.4 Å². The van der Waals surface area contributed by atoms with Gasteiger partial charge >= 0.3 is 57.4 Å². The Morgan fingerprint density at radius 3 is 2.14 bits per heavy atom. The van der Waals surface area contributed by atoms with Crippen molar-refractivity contribution in [1.29, 1.82) is 0 Å². The maximum atomic E-state index is 11.2. The predicted molar refractivity (Wildman–Crippen MR) is 42.5 cm³/mol. The Bertz CT molecular complexity index is 217. The number of esters is 1. The summed E-state index contributed by atoms with van der Waals surface area (Å²) in [5, 5.41) is 10.7. The average Bonchev–Trinajstić information content (AvgIpc) is 2.16. The van der Waals surface area contributed by atoms with Crippen LogP contribution < -0.4 is 56.5 Å². The minimum Gasteiger partial charge on any atom is -0.550 e. The fourth-order valence-electron chi connectivity index (χ4n) is 1.85. The first-order valence-electron chi connectivity index (χ1n) is 4.45. The molecule has 0 bridgehead atoms. The zero-order chi connectivity index (χ0) is 9.84. The molecule has 0 N–H and O–H groups in total. The molecule has 4 nitrogen and oxygen atoms in total. The molecule has 0 aromatic rings. The van der Waals surface area contributed by atoms with E-state index in [1.807, 2.05) is 0 Å². The van der Waals surface area contributed by atoms with Crippen LogP contribution in [0.15, 0.2) is 0 Å². The second-order valence-electron chi connectivity index (χ2n) is 3.34. The van der Waals surface area contributed by atoms with Gasteiger partial charge in [-0.25, -0.2) is 0 Å². The van der Waals surface area contributed by atoms with E-state index in [0.29, 0.717) is 12.8 Å². The first-order chi connectivity index (χ1) is 6.16. The summed E-state index contributed by atoms with van der Waals surface area (Å²) in [6, 6.07) is 0. The number of rotatable bonds is 2. The predicted octanol–water partition coefficient (Wildman–Crippen LogP) is -3.28. The zero-order valence-corrected chi connectivity index (χ0v) is 11.7. The van der Waals surface area contributed by atoms with Crippen LogP contribution in [-0.4, -0.2) is 19.0 Å². The van der Waals surface area contributed by atoms with Crippen molar-refractivity contribution in [3.63, 3.8) is 0 Å². The summed E-state index contributed by atoms with van der Waals surface area (Å²) in [6.07, 6.45) is 2.88. The van der Waals surface area contributed by atoms with E-state index in [-0.39, 0.29) is 51.4 Å². The number of aliphatic carboxylic acids is 1. The molecule has 2 unspecified atom stereocenters. The minimum atomic E-state index is -1.13. The zero-order valence-electron chi connectivity index (χ0n) is 8.62. The summed E-state index contributed by atoms with van der Waals surface area (Å²) in [4.78, 5) is 21.8. The Balaban J connectivity index is 0.00000169. The molecule has 1 fully saturated rings. The van der Waals surface area contributed by atoms with Crippen molar-refractivity contribution in [2.45, 2.75) is 25.7 Å². The van der Waals surface area contributed by atoms with Crippen LogP contribution in [0.2, 0.25) is 0 Å². The molecule has 0 saturated heterocycles. The first kappa shape index (κ1) is 14.6. The van der Waals surface area contributed by atoms with Gasteiger partial charge in [0.1, 0.15) is 0 Å². The van der Waals surface area contributed by atoms with Gasteiger partial charge in [0.15, 0.2) is 0 Å². The maximum Gasteiger partial charge on any atom is 1.00 e. The fraction of sp³-hybridized carbons (Fsp3) is 0.778. The van der Waals surface area contributed by atoms with Crippen LogP contribution in [0.3, 0.4) is 0 Å². The van der Waals surface area contributed by atoms with Gasteiger partial charge in [0.25, 0.3) is 0 Å². The molecular formula is C9H13KO4. The van der Waals surface area contributed by atoms with Crippen LogP contribution in [0, 0.1) is 11.8 Å². The smallest absolute Gasteiger partial charge is 0.550 e. The van der Waals surface area contributed by atoms with Crippen LogP contribution in [-0.2, 0) is 14.3 Å². The molecule has 0 aromatic carbocycles. The Kier molecular flexibility index (Phi) is 7.24. The Hall–Kier alpha value is 0.576. The second-order valence-corrected chi connectivity index (χ2v) is 3.34. The minimum absolute atomic E-state index is 0. The van der Waals surface area contributed by atoms with Crippen molar-refractivity contribution < 1.29 is 70.8 Å². The molecule has 0 aromatic heterocycles. The molecule has 14 heavy (non-hydrogen) atoms. The number of ether oxygens (including phenoxy) is 1. The number of carboxylic acids is 1. The number of carbonyl (C=O) groups is 2. The molecule has 0 amide bonds. The third-order valence-corrected chi connectivity index (χ3v) is 2.57. The number of carbonyl (C=O) groups excluding carboxylic acids is 2. The van der Waals surface area contributed by atoms with Crippen molar-refractivity contribution in [3.05, 3.63) is 0 Å². The van der Waals surface area contributed by atoms with Gasteiger partial charge in [-0.05, 0) is 12.8 Å². The molecule has 0 heterocycles. The summed E-state index contributed by atoms with van der Waals surface area (Å²) < 4.78 is 4.54. The van der Waals surface area contributed by atoms with E-state index in [1.54, 1.807) is 0 Å². The van der Waals surface area contributed by atoms with Crippen molar-refractivity contribution in [2.24, 2.45) is 11.8 Å². The van der Waals surface area contributed by atoms with Gasteiger partial charge in [0, 0.05) is 11.9 Å². The van der Waals surface area contributed by atoms with Gasteiger partial charge in [0.2, 0.25) is 0 Å². The molecule has 0 radical (unpaired) electrons. The molecule has 0 spiro atoms. The normalized spacial score (nSPS) is 26.1. The summed E-state index contributed by atoms with van der Waals surface area (Å²) in [7, 11) is 1.28. The van der Waals surface area contributed by atoms with Crippen LogP contribution in [0.1, 0.15) is 25.7 Å². The van der Waals surface area contributed by atoms with Crippen LogP contribution in [0.4, 0.5) is 0 Å². The van der Waals surface area contributed by atoms with Gasteiger partial charge in [-0.15, -0.1) is 0 Å². The van der Waals surface area contributed by atoms with E-state index < -0.39 is 23.8 Å². The Morgan fingerprint density at radius 2 is 1.71 bits per heavy atom. The molecule has 0 aliphatic heterocycles. The second kappa shape index (κ2) is 6.95. The van der Waals surface area contributed by atoms with E-state index in [1.165, 1.54) is 7.11 Å². The fourth-order valence-corrected chi connectivity index (χ4v) is 1.85. The van der Waals surface area contributed by atoms with Crippen molar-refractivity contribution >= 4 is 11.9 Å². The monoisotopic (exact) mass is 224 g/mol. The third kappa shape index (κ3) is 3.62. The molecule has 2 atom stereocenters. The van der Waals surface area contributed by atoms with Gasteiger partial charge < -0.3 is 14.6 Å². The third-order valence-electron chi connectivity index (χ3n) is 2.57. The van der Waals surface area contributed by atoms with Crippen LogP contribution in [0.25, 0.3) is 0 Å². The van der Waals surface area contributed by atoms with Crippen molar-refractivity contribution in [2.75, 3.05) is 7.11 Å². The van der Waals surface area contributed by atoms with E-state index in [4.69, 9.17) is 0 Å². The van der Waals surface area contributed by atoms with Gasteiger partial charge in [-0.2, -0.15) is 0 Å². The average molecular weight is 224 g/mol. The first-order valence-corrected chi connectivity index (χ1v) is 4.45. The number of methoxy groups -OCH3 is 1. The van der Waals surface area contributed by atoms with Crippen molar-refractivity contribution in [3.8, 4) is 0 Å². The molecule has 5 heteroatoms. The maximum absolute atomic E-state index is 11.2. The van der Waals surface area contributed by atoms with Crippen LogP contribution >= 0.6 is 0 Å². The van der Waals surface area contributed by atoms with E-state index >= 15 is 0 Å². The van der Waals surface area contributed by atoms with Crippen molar-refractivity contribution in [1.82, 2.24) is 0 Å². The Labute approximate surface area is 126 Å². The molecule has 1 aliphatic carbocycles. The van der Waals surface area contributed by atoms with E-state index in [9.17, 15) is 14.7 Å². The van der Waals surface area contributed by atoms with Crippen LogP contribution in [0.5, 0.6) is 0 Å². The number of carboxylic acid groups (broad SMARTS) is 1. The van der Waals surface area contributed by atoms with E-state index in [2.05, 4.69) is 4.74 Å². The van der Waals surface area contributed by atoms with Gasteiger partial charge in [-0.1, -0.05) is 12.8 Å². The number of hydrogen-bond acceptors (Lipinski definition) is 4. The molecule has 1 rings (SSSR count). The summed E-state index contributed by atoms with van der Waals surface area (Å²) in [5.41, 5.74) is 0. The standard InChI is InChI=1S/C9H14O4.K/c1-13-9(12)7-5-3-2-4-6(7)8(10)11;/h6-7H,2-5H2,1H3,(H,10,11);/q;+1/p-1.